The van der Waals surface area contributed by atoms with Crippen molar-refractivity contribution in [3.63, 3.8) is 0 Å². The van der Waals surface area contributed by atoms with E-state index >= 15 is 0 Å². The predicted octanol–water partition coefficient (Wildman–Crippen LogP) is 2.12. The average Bonchev–Trinajstić information content (AvgIpc) is 2.63. The van der Waals surface area contributed by atoms with Gasteiger partial charge in [-0.15, -0.1) is 0 Å². The molecule has 0 heterocycles. The van der Waals surface area contributed by atoms with E-state index in [9.17, 15) is 19.8 Å². The molecule has 2 aromatic carbocycles. The van der Waals surface area contributed by atoms with E-state index in [1.807, 2.05) is 0 Å². The third-order valence-corrected chi connectivity index (χ3v) is 3.63. The minimum atomic E-state index is -1.13. The molecular weight excluding hydrogens is 356 g/mol. The van der Waals surface area contributed by atoms with Crippen LogP contribution in [0, 0.1) is 0 Å². The van der Waals surface area contributed by atoms with Crippen molar-refractivity contribution >= 4 is 11.8 Å². The van der Waals surface area contributed by atoms with Gasteiger partial charge in [-0.1, -0.05) is 6.07 Å². The lowest BCUT2D eigenvalue weighted by molar-refractivity contribution is 0.0617. The van der Waals surface area contributed by atoms with Gasteiger partial charge in [0, 0.05) is 6.07 Å². The van der Waals surface area contributed by atoms with E-state index in [0.29, 0.717) is 5.75 Å². The van der Waals surface area contributed by atoms with Gasteiger partial charge in [-0.2, -0.15) is 0 Å². The number of carbonyl (C=O) groups excluding carboxylic acids is 1. The number of methoxy groups -OCH3 is 1. The van der Waals surface area contributed by atoms with Gasteiger partial charge in [0.2, 0.25) is 0 Å². The van der Waals surface area contributed by atoms with Crippen LogP contribution in [0.15, 0.2) is 36.4 Å². The SMILES string of the molecule is COc1cc(OCC(O)COc2cccc(O)c2C(C)=O)ccc1C(=O)O. The number of aromatic carboxylic acids is 1. The second-order valence-electron chi connectivity index (χ2n) is 5.65. The Morgan fingerprint density at radius 3 is 2.41 bits per heavy atom. The maximum atomic E-state index is 11.6. The molecular formula is C19H20O8. The number of aliphatic hydroxyl groups excluding tert-OH is 1. The van der Waals surface area contributed by atoms with E-state index in [2.05, 4.69) is 0 Å². The first kappa shape index (κ1) is 20.1. The van der Waals surface area contributed by atoms with Crippen molar-refractivity contribution in [2.45, 2.75) is 13.0 Å². The highest BCUT2D eigenvalue weighted by molar-refractivity contribution is 5.99. The van der Waals surface area contributed by atoms with E-state index in [1.165, 1.54) is 50.4 Å². The molecule has 0 spiro atoms. The number of aromatic hydroxyl groups is 1. The standard InChI is InChI=1S/C19H20O8/c1-11(20)18-15(22)4-3-5-16(18)27-10-12(21)9-26-13-6-7-14(19(23)24)17(8-13)25-2/h3-8,12,21-22H,9-10H2,1-2H3,(H,23,24). The Labute approximate surface area is 155 Å². The Balaban J connectivity index is 1.96. The van der Waals surface area contributed by atoms with E-state index in [1.54, 1.807) is 0 Å². The molecule has 0 amide bonds. The first-order chi connectivity index (χ1) is 12.8. The monoisotopic (exact) mass is 376 g/mol. The van der Waals surface area contributed by atoms with Crippen molar-refractivity contribution in [2.75, 3.05) is 20.3 Å². The molecule has 144 valence electrons. The number of ether oxygens (including phenoxy) is 3. The summed E-state index contributed by atoms with van der Waals surface area (Å²) in [6.45, 7) is 0.994. The van der Waals surface area contributed by atoms with Gasteiger partial charge in [0.05, 0.1) is 7.11 Å². The van der Waals surface area contributed by atoms with Gasteiger partial charge in [0.25, 0.3) is 0 Å². The Hall–Kier alpha value is -3.26. The maximum absolute atomic E-state index is 11.6. The minimum absolute atomic E-state index is 0.00520. The van der Waals surface area contributed by atoms with Crippen LogP contribution in [0.25, 0.3) is 0 Å². The van der Waals surface area contributed by atoms with Gasteiger partial charge >= 0.3 is 5.97 Å². The lowest BCUT2D eigenvalue weighted by Crippen LogP contribution is -2.25. The fraction of sp³-hybridized carbons (Fsp3) is 0.263. The summed E-state index contributed by atoms with van der Waals surface area (Å²) >= 11 is 0. The van der Waals surface area contributed by atoms with Gasteiger partial charge in [-0.25, -0.2) is 4.79 Å². The topological polar surface area (TPSA) is 123 Å². The summed E-state index contributed by atoms with van der Waals surface area (Å²) in [7, 11) is 1.34. The van der Waals surface area contributed by atoms with Crippen molar-refractivity contribution < 1.29 is 39.1 Å². The average molecular weight is 376 g/mol. The summed E-state index contributed by atoms with van der Waals surface area (Å²) in [5, 5.41) is 28.8. The molecule has 2 rings (SSSR count). The summed E-state index contributed by atoms with van der Waals surface area (Å²) in [5.41, 5.74) is 0.0361. The number of rotatable bonds is 9. The lowest BCUT2D eigenvalue weighted by Gasteiger charge is -2.16. The number of carbonyl (C=O) groups is 2. The van der Waals surface area contributed by atoms with Crippen LogP contribution in [0.5, 0.6) is 23.0 Å². The lowest BCUT2D eigenvalue weighted by atomic mass is 10.1. The molecule has 0 saturated carbocycles. The van der Waals surface area contributed by atoms with Crippen LogP contribution in [0.1, 0.15) is 27.6 Å². The second kappa shape index (κ2) is 8.91. The molecule has 0 fully saturated rings. The molecule has 0 aromatic heterocycles. The van der Waals surface area contributed by atoms with Gasteiger partial charge in [-0.05, 0) is 31.2 Å². The maximum Gasteiger partial charge on any atom is 0.339 e. The number of hydrogen-bond donors (Lipinski definition) is 3. The minimum Gasteiger partial charge on any atom is -0.507 e. The van der Waals surface area contributed by atoms with Gasteiger partial charge < -0.3 is 29.5 Å². The van der Waals surface area contributed by atoms with Gasteiger partial charge in [0.15, 0.2) is 5.78 Å². The first-order valence-corrected chi connectivity index (χ1v) is 8.01. The van der Waals surface area contributed by atoms with Crippen molar-refractivity contribution in [1.29, 1.82) is 0 Å². The quantitative estimate of drug-likeness (QED) is 0.569. The number of carboxylic acids is 1. The fourth-order valence-corrected chi connectivity index (χ4v) is 2.36. The summed E-state index contributed by atoms with van der Waals surface area (Å²) in [6.07, 6.45) is -1.03. The van der Waals surface area contributed by atoms with Crippen LogP contribution in [-0.4, -0.2) is 53.5 Å². The van der Waals surface area contributed by atoms with Crippen LogP contribution in [0.3, 0.4) is 0 Å². The molecule has 8 heteroatoms. The largest absolute Gasteiger partial charge is 0.507 e. The summed E-state index contributed by atoms with van der Waals surface area (Å²) in [6, 6.07) is 8.60. The number of hydrogen-bond acceptors (Lipinski definition) is 7. The van der Waals surface area contributed by atoms with Crippen LogP contribution in [0.4, 0.5) is 0 Å². The Kier molecular flexibility index (Phi) is 6.62. The number of carboxylic acid groups (broad SMARTS) is 1. The second-order valence-corrected chi connectivity index (χ2v) is 5.65. The molecule has 1 unspecified atom stereocenters. The first-order valence-electron chi connectivity index (χ1n) is 8.01. The molecule has 0 aliphatic carbocycles. The van der Waals surface area contributed by atoms with Crippen LogP contribution in [0.2, 0.25) is 0 Å². The summed E-state index contributed by atoms with van der Waals surface area (Å²) in [5.74, 6) is -1.07. The van der Waals surface area contributed by atoms with Crippen molar-refractivity contribution in [1.82, 2.24) is 0 Å². The normalized spacial score (nSPS) is 11.5. The highest BCUT2D eigenvalue weighted by Crippen LogP contribution is 2.28. The Bertz CT molecular complexity index is 830. The molecule has 0 radical (unpaired) electrons. The predicted molar refractivity (Wildman–Crippen MR) is 95.1 cm³/mol. The summed E-state index contributed by atoms with van der Waals surface area (Å²) in [4.78, 5) is 22.7. The van der Waals surface area contributed by atoms with E-state index in [-0.39, 0.29) is 47.4 Å². The molecule has 0 saturated heterocycles. The Morgan fingerprint density at radius 1 is 1.07 bits per heavy atom. The van der Waals surface area contributed by atoms with Gasteiger partial charge in [0.1, 0.15) is 53.4 Å². The molecule has 1 atom stereocenters. The highest BCUT2D eigenvalue weighted by atomic mass is 16.5. The zero-order valence-corrected chi connectivity index (χ0v) is 14.8. The van der Waals surface area contributed by atoms with Crippen molar-refractivity contribution in [3.8, 4) is 23.0 Å². The van der Waals surface area contributed by atoms with Crippen LogP contribution < -0.4 is 14.2 Å². The zero-order chi connectivity index (χ0) is 20.0. The van der Waals surface area contributed by atoms with Crippen molar-refractivity contribution in [2.24, 2.45) is 0 Å². The highest BCUT2D eigenvalue weighted by Gasteiger charge is 2.16. The molecule has 0 bridgehead atoms. The number of benzene rings is 2. The Morgan fingerprint density at radius 2 is 1.78 bits per heavy atom. The molecule has 8 nitrogen and oxygen atoms in total. The van der Waals surface area contributed by atoms with Crippen LogP contribution >= 0.6 is 0 Å². The molecule has 0 aliphatic rings. The fourth-order valence-electron chi connectivity index (χ4n) is 2.36. The molecule has 2 aromatic rings. The molecule has 0 aliphatic heterocycles. The molecule has 3 N–H and O–H groups in total. The van der Waals surface area contributed by atoms with E-state index < -0.39 is 12.1 Å². The van der Waals surface area contributed by atoms with E-state index in [4.69, 9.17) is 19.3 Å². The number of phenols is 1. The summed E-state index contributed by atoms with van der Waals surface area (Å²) < 4.78 is 15.8. The third-order valence-electron chi connectivity index (χ3n) is 3.63. The zero-order valence-electron chi connectivity index (χ0n) is 14.8. The number of ketones is 1. The van der Waals surface area contributed by atoms with Crippen LogP contribution in [-0.2, 0) is 0 Å². The third kappa shape index (κ3) is 5.11. The van der Waals surface area contributed by atoms with Crippen molar-refractivity contribution in [3.05, 3.63) is 47.5 Å². The molecule has 27 heavy (non-hydrogen) atoms. The number of phenolic OH excluding ortho intramolecular Hbond substituents is 1. The van der Waals surface area contributed by atoms with E-state index in [0.717, 1.165) is 0 Å². The number of Topliss-reactive ketones (excluding diaryl/α,β-unsaturated/α-hetero) is 1. The smallest absolute Gasteiger partial charge is 0.339 e. The number of aliphatic hydroxyl groups is 1. The van der Waals surface area contributed by atoms with Gasteiger partial charge in [-0.3, -0.25) is 4.79 Å².